The Morgan fingerprint density at radius 3 is 2.39 bits per heavy atom. The Labute approximate surface area is 194 Å². The van der Waals surface area contributed by atoms with Crippen molar-refractivity contribution in [2.24, 2.45) is 0 Å². The first-order chi connectivity index (χ1) is 16.0. The van der Waals surface area contributed by atoms with Crippen LogP contribution in [0, 0.1) is 11.6 Å². The van der Waals surface area contributed by atoms with E-state index in [4.69, 9.17) is 0 Å². The standard InChI is InChI=1S/C24H22F2N4O2S/c25-18-4-1-16(2-5-18)17-3-6-21(20(26)13-17)30-15-19(14-22(30)31)28-8-10-29(11-9-28)24(32)23-27-7-12-33-23/h1-7,12-13,19H,8-11,14-15H2. The van der Waals surface area contributed by atoms with E-state index in [9.17, 15) is 18.4 Å². The number of anilines is 1. The van der Waals surface area contributed by atoms with Gasteiger partial charge in [-0.15, -0.1) is 11.3 Å². The largest absolute Gasteiger partial charge is 0.334 e. The molecular weight excluding hydrogens is 446 g/mol. The van der Waals surface area contributed by atoms with Crippen molar-refractivity contribution < 1.29 is 18.4 Å². The molecule has 6 nitrogen and oxygen atoms in total. The van der Waals surface area contributed by atoms with Crippen LogP contribution in [0.15, 0.2) is 54.0 Å². The van der Waals surface area contributed by atoms with Gasteiger partial charge in [0, 0.05) is 56.8 Å². The molecule has 0 spiro atoms. The number of aromatic nitrogens is 1. The van der Waals surface area contributed by atoms with Crippen molar-refractivity contribution in [2.75, 3.05) is 37.6 Å². The van der Waals surface area contributed by atoms with Crippen LogP contribution >= 0.6 is 11.3 Å². The lowest BCUT2D eigenvalue weighted by molar-refractivity contribution is -0.117. The molecule has 2 aliphatic rings. The van der Waals surface area contributed by atoms with Gasteiger partial charge in [-0.2, -0.15) is 0 Å². The third kappa shape index (κ3) is 4.38. The lowest BCUT2D eigenvalue weighted by Gasteiger charge is -2.37. The van der Waals surface area contributed by atoms with Gasteiger partial charge in [0.2, 0.25) is 5.91 Å². The zero-order chi connectivity index (χ0) is 22.9. The molecule has 9 heteroatoms. The number of halogens is 2. The molecule has 2 saturated heterocycles. The number of rotatable bonds is 4. The van der Waals surface area contributed by atoms with E-state index in [0.29, 0.717) is 55.3 Å². The van der Waals surface area contributed by atoms with Gasteiger partial charge in [-0.05, 0) is 35.4 Å². The molecule has 3 aromatic rings. The van der Waals surface area contributed by atoms with Gasteiger partial charge >= 0.3 is 0 Å². The van der Waals surface area contributed by atoms with Gasteiger partial charge in [-0.1, -0.05) is 18.2 Å². The van der Waals surface area contributed by atoms with Gasteiger partial charge in [0.05, 0.1) is 5.69 Å². The number of carbonyl (C=O) groups excluding carboxylic acids is 2. The van der Waals surface area contributed by atoms with Crippen LogP contribution in [-0.4, -0.2) is 65.4 Å². The van der Waals surface area contributed by atoms with Crippen LogP contribution in [-0.2, 0) is 4.79 Å². The molecule has 1 atom stereocenters. The number of piperazine rings is 1. The number of hydrogen-bond donors (Lipinski definition) is 0. The van der Waals surface area contributed by atoms with E-state index < -0.39 is 5.82 Å². The summed E-state index contributed by atoms with van der Waals surface area (Å²) in [6.45, 7) is 2.88. The summed E-state index contributed by atoms with van der Waals surface area (Å²) in [5.74, 6) is -1.01. The number of hydrogen-bond acceptors (Lipinski definition) is 5. The van der Waals surface area contributed by atoms with Gasteiger partial charge in [0.25, 0.3) is 5.91 Å². The molecule has 0 bridgehead atoms. The minimum absolute atomic E-state index is 0.0224. The lowest BCUT2D eigenvalue weighted by atomic mass is 10.0. The van der Waals surface area contributed by atoms with Gasteiger partial charge in [0.15, 0.2) is 5.01 Å². The van der Waals surface area contributed by atoms with Gasteiger partial charge in [-0.3, -0.25) is 14.5 Å². The first kappa shape index (κ1) is 21.7. The first-order valence-electron chi connectivity index (χ1n) is 10.8. The summed E-state index contributed by atoms with van der Waals surface area (Å²) in [5.41, 5.74) is 1.59. The fraction of sp³-hybridized carbons (Fsp3) is 0.292. The van der Waals surface area contributed by atoms with Crippen molar-refractivity contribution >= 4 is 28.8 Å². The molecule has 33 heavy (non-hydrogen) atoms. The van der Waals surface area contributed by atoms with Gasteiger partial charge in [-0.25, -0.2) is 13.8 Å². The van der Waals surface area contributed by atoms with Crippen molar-refractivity contribution in [1.82, 2.24) is 14.8 Å². The van der Waals surface area contributed by atoms with E-state index in [-0.39, 0.29) is 29.4 Å². The Kier molecular flexibility index (Phi) is 5.90. The van der Waals surface area contributed by atoms with Crippen LogP contribution in [0.2, 0.25) is 0 Å². The minimum atomic E-state index is -0.482. The van der Waals surface area contributed by atoms with E-state index in [1.165, 1.54) is 34.4 Å². The van der Waals surface area contributed by atoms with Crippen LogP contribution in [0.3, 0.4) is 0 Å². The van der Waals surface area contributed by atoms with Crippen LogP contribution in [0.25, 0.3) is 11.1 Å². The zero-order valence-electron chi connectivity index (χ0n) is 17.8. The summed E-state index contributed by atoms with van der Waals surface area (Å²) >= 11 is 1.33. The maximum absolute atomic E-state index is 15.0. The fourth-order valence-corrected chi connectivity index (χ4v) is 5.07. The van der Waals surface area contributed by atoms with E-state index in [2.05, 4.69) is 9.88 Å². The molecule has 2 fully saturated rings. The molecule has 0 saturated carbocycles. The fourth-order valence-electron chi connectivity index (χ4n) is 4.47. The predicted octanol–water partition coefficient (Wildman–Crippen LogP) is 3.65. The monoisotopic (exact) mass is 468 g/mol. The number of thiazole rings is 1. The highest BCUT2D eigenvalue weighted by atomic mass is 32.1. The maximum atomic E-state index is 15.0. The molecule has 2 aliphatic heterocycles. The average molecular weight is 469 g/mol. The number of amides is 2. The Balaban J connectivity index is 1.24. The van der Waals surface area contributed by atoms with Crippen molar-refractivity contribution in [2.45, 2.75) is 12.5 Å². The lowest BCUT2D eigenvalue weighted by Crippen LogP contribution is -2.52. The highest BCUT2D eigenvalue weighted by Gasteiger charge is 2.37. The van der Waals surface area contributed by atoms with Crippen molar-refractivity contribution in [1.29, 1.82) is 0 Å². The summed E-state index contributed by atoms with van der Waals surface area (Å²) in [4.78, 5) is 34.8. The number of carbonyl (C=O) groups is 2. The van der Waals surface area contributed by atoms with Crippen molar-refractivity contribution in [3.05, 3.63) is 70.7 Å². The second kappa shape index (κ2) is 8.99. The number of benzene rings is 2. The average Bonchev–Trinajstić information content (AvgIpc) is 3.50. The van der Waals surface area contributed by atoms with Crippen LogP contribution < -0.4 is 4.90 Å². The summed E-state index contributed by atoms with van der Waals surface area (Å²) in [7, 11) is 0. The SMILES string of the molecule is O=C(c1nccs1)N1CCN(C2CC(=O)N(c3ccc(-c4ccc(F)cc4)cc3F)C2)CC1. The molecule has 5 rings (SSSR count). The quantitative estimate of drug-likeness (QED) is 0.587. The summed E-state index contributed by atoms with van der Waals surface area (Å²) < 4.78 is 28.1. The topological polar surface area (TPSA) is 56.8 Å². The van der Waals surface area contributed by atoms with E-state index >= 15 is 0 Å². The molecule has 3 heterocycles. The summed E-state index contributed by atoms with van der Waals surface area (Å²) in [5, 5.41) is 2.28. The molecule has 2 aromatic carbocycles. The maximum Gasteiger partial charge on any atom is 0.282 e. The minimum Gasteiger partial charge on any atom is -0.334 e. The molecule has 0 N–H and O–H groups in total. The highest BCUT2D eigenvalue weighted by molar-refractivity contribution is 7.11. The van der Waals surface area contributed by atoms with Gasteiger partial charge < -0.3 is 9.80 Å². The third-order valence-corrected chi connectivity index (χ3v) is 7.01. The molecular formula is C24H22F2N4O2S. The van der Waals surface area contributed by atoms with Gasteiger partial charge in [0.1, 0.15) is 11.6 Å². The van der Waals surface area contributed by atoms with Crippen molar-refractivity contribution in [3.8, 4) is 11.1 Å². The van der Waals surface area contributed by atoms with E-state index in [1.54, 1.807) is 40.7 Å². The first-order valence-corrected chi connectivity index (χ1v) is 11.7. The Morgan fingerprint density at radius 2 is 1.73 bits per heavy atom. The highest BCUT2D eigenvalue weighted by Crippen LogP contribution is 2.31. The van der Waals surface area contributed by atoms with Crippen LogP contribution in [0.4, 0.5) is 14.5 Å². The summed E-state index contributed by atoms with van der Waals surface area (Å²) in [6, 6.07) is 10.6. The Hall–Kier alpha value is -3.17. The third-order valence-electron chi connectivity index (χ3n) is 6.25. The Bertz CT molecular complexity index is 1160. The van der Waals surface area contributed by atoms with Crippen LogP contribution in [0.1, 0.15) is 16.2 Å². The zero-order valence-corrected chi connectivity index (χ0v) is 18.6. The second-order valence-corrected chi connectivity index (χ2v) is 9.10. The second-order valence-electron chi connectivity index (χ2n) is 8.20. The van der Waals surface area contributed by atoms with E-state index in [1.807, 2.05) is 0 Å². The molecule has 1 aromatic heterocycles. The normalized spacial score (nSPS) is 19.3. The smallest absolute Gasteiger partial charge is 0.282 e. The summed E-state index contributed by atoms with van der Waals surface area (Å²) in [6.07, 6.45) is 1.94. The molecule has 1 unspecified atom stereocenters. The van der Waals surface area contributed by atoms with Crippen LogP contribution in [0.5, 0.6) is 0 Å². The predicted molar refractivity (Wildman–Crippen MR) is 122 cm³/mol. The molecule has 0 aliphatic carbocycles. The molecule has 0 radical (unpaired) electrons. The van der Waals surface area contributed by atoms with Crippen molar-refractivity contribution in [3.63, 3.8) is 0 Å². The van der Waals surface area contributed by atoms with E-state index in [0.717, 1.165) is 0 Å². The molecule has 170 valence electrons. The Morgan fingerprint density at radius 1 is 1.00 bits per heavy atom. The number of nitrogens with zero attached hydrogens (tertiary/aromatic N) is 4. The molecule has 2 amide bonds.